The van der Waals surface area contributed by atoms with Gasteiger partial charge in [-0.1, -0.05) is 119 Å². The molecule has 4 rings (SSSR count). The van der Waals surface area contributed by atoms with Gasteiger partial charge in [0.2, 0.25) is 11.8 Å². The highest BCUT2D eigenvalue weighted by Crippen LogP contribution is 2.19. The summed E-state index contributed by atoms with van der Waals surface area (Å²) in [5.74, 6) is -3.94. The Labute approximate surface area is 347 Å². The number of carbonyl (C=O) groups is 3. The minimum atomic E-state index is -3.94. The molecule has 0 radical (unpaired) electrons. The van der Waals surface area contributed by atoms with Crippen molar-refractivity contribution < 1.29 is 41.4 Å². The summed E-state index contributed by atoms with van der Waals surface area (Å²) in [6.45, 7) is 5.31. The molecule has 318 valence electrons. The maximum absolute atomic E-state index is 14.5. The van der Waals surface area contributed by atoms with Crippen molar-refractivity contribution in [2.45, 2.75) is 109 Å². The van der Waals surface area contributed by atoms with Crippen molar-refractivity contribution in [2.24, 2.45) is 0 Å². The molecule has 10 nitrogen and oxygen atoms in total. The molecular formula is C46H57F2N3O7S. The third kappa shape index (κ3) is 15.5. The van der Waals surface area contributed by atoms with Gasteiger partial charge in [-0.15, -0.1) is 0 Å². The van der Waals surface area contributed by atoms with Crippen molar-refractivity contribution in [3.8, 4) is 0 Å². The zero-order valence-corrected chi connectivity index (χ0v) is 34.9. The van der Waals surface area contributed by atoms with Gasteiger partial charge in [-0.3, -0.25) is 9.59 Å². The fourth-order valence-electron chi connectivity index (χ4n) is 6.95. The molecule has 0 aliphatic carbocycles. The van der Waals surface area contributed by atoms with Gasteiger partial charge in [0.25, 0.3) is 0 Å². The molecule has 0 aliphatic rings. The first-order chi connectivity index (χ1) is 28.3. The molecule has 3 N–H and O–H groups in total. The van der Waals surface area contributed by atoms with E-state index >= 15 is 0 Å². The van der Waals surface area contributed by atoms with Crippen LogP contribution in [0.5, 0.6) is 0 Å². The van der Waals surface area contributed by atoms with Crippen LogP contribution in [0, 0.1) is 11.6 Å². The summed E-state index contributed by atoms with van der Waals surface area (Å²) in [6.07, 6.45) is 0.339. The van der Waals surface area contributed by atoms with Crippen molar-refractivity contribution >= 4 is 27.7 Å². The minimum Gasteiger partial charge on any atom is -0.445 e. The quantitative estimate of drug-likeness (QED) is 0.0715. The zero-order valence-electron chi connectivity index (χ0n) is 34.1. The maximum atomic E-state index is 14.5. The number of nitrogens with one attached hydrogen (secondary N) is 2. The van der Waals surface area contributed by atoms with Gasteiger partial charge in [0.1, 0.15) is 24.3 Å². The molecule has 0 saturated carbocycles. The molecule has 4 aromatic rings. The molecule has 3 amide bonds. The Balaban J connectivity index is 1.66. The molecule has 0 spiro atoms. The predicted molar refractivity (Wildman–Crippen MR) is 225 cm³/mol. The van der Waals surface area contributed by atoms with Crippen LogP contribution >= 0.6 is 0 Å². The van der Waals surface area contributed by atoms with Gasteiger partial charge in [-0.25, -0.2) is 22.0 Å². The first-order valence-corrected chi connectivity index (χ1v) is 22.0. The first kappa shape index (κ1) is 46.5. The molecule has 3 atom stereocenters. The highest BCUT2D eigenvalue weighted by molar-refractivity contribution is 7.92. The molecule has 0 saturated heterocycles. The monoisotopic (exact) mass is 833 g/mol. The Morgan fingerprint density at radius 2 is 1.34 bits per heavy atom. The van der Waals surface area contributed by atoms with Gasteiger partial charge in [0.05, 0.1) is 29.7 Å². The standard InChI is InChI=1S/C46H57F2N3O7S/c1-4-14-40(15-5-2)59(56,57)32-42(49-44(53)23-22-34-16-9-7-10-17-34)45(54)50-41(27-37-25-38(47)28-39(48)26-37)43(52)30-51(29-36-21-13-20-33(6-3)24-36)46(55)58-31-35-18-11-8-12-19-35/h7-13,16-21,24-26,28,40-43,52H,4-6,14-15,22-23,27,29-32H2,1-3H3,(H,49,53)(H,50,54)/t41-,42-,43+/m0/s1. The van der Waals surface area contributed by atoms with E-state index in [-0.39, 0.29) is 31.6 Å². The van der Waals surface area contributed by atoms with E-state index in [9.17, 15) is 36.7 Å². The molecule has 0 heterocycles. The number of hydrogen-bond acceptors (Lipinski definition) is 7. The topological polar surface area (TPSA) is 142 Å². The largest absolute Gasteiger partial charge is 0.445 e. The lowest BCUT2D eigenvalue weighted by Gasteiger charge is -2.31. The third-order valence-corrected chi connectivity index (χ3v) is 12.4. The van der Waals surface area contributed by atoms with E-state index in [0.29, 0.717) is 38.2 Å². The SMILES string of the molecule is CCCC(CCC)S(=O)(=O)C[C@H](NC(=O)CCc1ccccc1)C(=O)N[C@@H](Cc1cc(F)cc(F)c1)[C@H](O)CN(Cc1cccc(CC)c1)C(=O)OCc1ccccc1. The molecule has 0 fully saturated rings. The van der Waals surface area contributed by atoms with Crippen LogP contribution in [0.1, 0.15) is 80.7 Å². The van der Waals surface area contributed by atoms with Crippen LogP contribution in [0.15, 0.2) is 103 Å². The minimum absolute atomic E-state index is 0.0162. The lowest BCUT2D eigenvalue weighted by molar-refractivity contribution is -0.129. The lowest BCUT2D eigenvalue weighted by Crippen LogP contribution is -2.57. The van der Waals surface area contributed by atoms with E-state index in [1.807, 2.05) is 81.4 Å². The van der Waals surface area contributed by atoms with Crippen molar-refractivity contribution in [1.82, 2.24) is 15.5 Å². The summed E-state index contributed by atoms with van der Waals surface area (Å²) in [7, 11) is -3.94. The highest BCUT2D eigenvalue weighted by Gasteiger charge is 2.35. The fourth-order valence-corrected chi connectivity index (χ4v) is 9.11. The van der Waals surface area contributed by atoms with E-state index in [2.05, 4.69) is 10.6 Å². The molecule has 0 unspecified atom stereocenters. The van der Waals surface area contributed by atoms with E-state index < -0.39 is 75.1 Å². The zero-order chi connectivity index (χ0) is 42.8. The van der Waals surface area contributed by atoms with Crippen molar-refractivity contribution in [2.75, 3.05) is 12.3 Å². The van der Waals surface area contributed by atoms with E-state index in [1.165, 1.54) is 4.90 Å². The normalized spacial score (nSPS) is 13.0. The van der Waals surface area contributed by atoms with Crippen molar-refractivity contribution in [3.05, 3.63) is 143 Å². The van der Waals surface area contributed by atoms with Crippen molar-refractivity contribution in [3.63, 3.8) is 0 Å². The number of aliphatic hydroxyl groups is 1. The number of nitrogens with zero attached hydrogens (tertiary/aromatic N) is 1. The lowest BCUT2D eigenvalue weighted by atomic mass is 9.99. The van der Waals surface area contributed by atoms with Crippen LogP contribution < -0.4 is 10.6 Å². The summed E-state index contributed by atoms with van der Waals surface area (Å²) in [6, 6.07) is 25.7. The Kier molecular flexibility index (Phi) is 18.5. The maximum Gasteiger partial charge on any atom is 0.410 e. The number of hydrogen-bond donors (Lipinski definition) is 3. The van der Waals surface area contributed by atoms with Crippen molar-refractivity contribution in [1.29, 1.82) is 0 Å². The van der Waals surface area contributed by atoms with Gasteiger partial charge in [0.15, 0.2) is 9.84 Å². The molecule has 0 aliphatic heterocycles. The average molecular weight is 834 g/mol. The van der Waals surface area contributed by atoms with Gasteiger partial charge < -0.3 is 25.4 Å². The number of carbonyl (C=O) groups excluding carboxylic acids is 3. The summed E-state index contributed by atoms with van der Waals surface area (Å²) in [5, 5.41) is 16.5. The number of rotatable bonds is 23. The summed E-state index contributed by atoms with van der Waals surface area (Å²) in [4.78, 5) is 42.6. The number of ether oxygens (including phenoxy) is 1. The number of benzene rings is 4. The van der Waals surface area contributed by atoms with Crippen LogP contribution in [0.25, 0.3) is 0 Å². The molecule has 13 heteroatoms. The van der Waals surface area contributed by atoms with Crippen LogP contribution in [0.3, 0.4) is 0 Å². The molecule has 4 aromatic carbocycles. The second kappa shape index (κ2) is 23.5. The Morgan fingerprint density at radius 1 is 0.746 bits per heavy atom. The van der Waals surface area contributed by atoms with Crippen LogP contribution in [0.2, 0.25) is 0 Å². The van der Waals surface area contributed by atoms with E-state index in [1.54, 1.807) is 24.3 Å². The summed E-state index contributed by atoms with van der Waals surface area (Å²) in [5.41, 5.74) is 3.47. The third-order valence-electron chi connectivity index (χ3n) is 10.1. The number of amides is 3. The number of aryl methyl sites for hydroxylation is 2. The average Bonchev–Trinajstić information content (AvgIpc) is 3.21. The van der Waals surface area contributed by atoms with Crippen LogP contribution in [0.4, 0.5) is 13.6 Å². The fraction of sp³-hybridized carbons (Fsp3) is 0.413. The first-order valence-electron chi connectivity index (χ1n) is 20.3. The van der Waals surface area contributed by atoms with E-state index in [4.69, 9.17) is 4.74 Å². The number of sulfone groups is 1. The second-order valence-electron chi connectivity index (χ2n) is 14.9. The van der Waals surface area contributed by atoms with Gasteiger partial charge in [-0.2, -0.15) is 0 Å². The van der Waals surface area contributed by atoms with Crippen LogP contribution in [-0.4, -0.2) is 72.1 Å². The number of aliphatic hydroxyl groups excluding tert-OH is 1. The molecule has 59 heavy (non-hydrogen) atoms. The Bertz CT molecular complexity index is 2030. The smallest absolute Gasteiger partial charge is 0.410 e. The molecule has 0 aromatic heterocycles. The van der Waals surface area contributed by atoms with Gasteiger partial charge >= 0.3 is 6.09 Å². The van der Waals surface area contributed by atoms with E-state index in [0.717, 1.165) is 40.8 Å². The van der Waals surface area contributed by atoms with Gasteiger partial charge in [-0.05, 0) is 72.1 Å². The number of halogens is 2. The second-order valence-corrected chi connectivity index (χ2v) is 17.2. The molecule has 0 bridgehead atoms. The molecular weight excluding hydrogens is 777 g/mol. The Morgan fingerprint density at radius 3 is 1.95 bits per heavy atom. The highest BCUT2D eigenvalue weighted by atomic mass is 32.2. The Hall–Kier alpha value is -5.14. The summed E-state index contributed by atoms with van der Waals surface area (Å²) >= 11 is 0. The van der Waals surface area contributed by atoms with Crippen LogP contribution in [-0.2, 0) is 56.6 Å². The van der Waals surface area contributed by atoms with Gasteiger partial charge in [0, 0.05) is 19.0 Å². The summed E-state index contributed by atoms with van der Waals surface area (Å²) < 4.78 is 62.3. The predicted octanol–water partition coefficient (Wildman–Crippen LogP) is 7.26.